The lowest BCUT2D eigenvalue weighted by atomic mass is 10.1. The number of cyclic esters (lactones) is 1. The number of ether oxygens (including phenoxy) is 2. The van der Waals surface area contributed by atoms with Crippen molar-refractivity contribution in [1.29, 1.82) is 0 Å². The minimum absolute atomic E-state index is 0.0103. The maximum Gasteiger partial charge on any atom is 0.363 e. The van der Waals surface area contributed by atoms with E-state index in [1.807, 2.05) is 31.2 Å². The van der Waals surface area contributed by atoms with Crippen molar-refractivity contribution in [2.45, 2.75) is 11.8 Å². The molecular formula is C24H19NO6S. The van der Waals surface area contributed by atoms with Crippen molar-refractivity contribution in [3.05, 3.63) is 95.2 Å². The van der Waals surface area contributed by atoms with Crippen LogP contribution < -0.4 is 8.92 Å². The van der Waals surface area contributed by atoms with Gasteiger partial charge in [0.2, 0.25) is 5.90 Å². The van der Waals surface area contributed by atoms with E-state index in [4.69, 9.17) is 13.7 Å². The molecule has 1 aliphatic heterocycles. The first-order chi connectivity index (χ1) is 15.3. The van der Waals surface area contributed by atoms with Gasteiger partial charge >= 0.3 is 16.1 Å². The van der Waals surface area contributed by atoms with Crippen molar-refractivity contribution in [3.63, 3.8) is 0 Å². The molecule has 0 saturated carbocycles. The Labute approximate surface area is 185 Å². The summed E-state index contributed by atoms with van der Waals surface area (Å²) in [5.74, 6) is 0.371. The van der Waals surface area contributed by atoms with Crippen LogP contribution in [0.4, 0.5) is 0 Å². The molecule has 3 aromatic carbocycles. The summed E-state index contributed by atoms with van der Waals surface area (Å²) in [6.45, 7) is 1.97. The molecule has 0 aliphatic carbocycles. The second-order valence-corrected chi connectivity index (χ2v) is 8.53. The van der Waals surface area contributed by atoms with Gasteiger partial charge in [-0.1, -0.05) is 29.8 Å². The summed E-state index contributed by atoms with van der Waals surface area (Å²) >= 11 is 0. The lowest BCUT2D eigenvalue weighted by molar-refractivity contribution is -0.129. The Hall–Kier alpha value is -3.91. The number of benzene rings is 3. The summed E-state index contributed by atoms with van der Waals surface area (Å²) in [7, 11) is -2.49. The highest BCUT2D eigenvalue weighted by atomic mass is 32.2. The van der Waals surface area contributed by atoms with Crippen LogP contribution in [0, 0.1) is 6.92 Å². The van der Waals surface area contributed by atoms with E-state index >= 15 is 0 Å². The van der Waals surface area contributed by atoms with Gasteiger partial charge in [-0.25, -0.2) is 9.79 Å². The fraction of sp³-hybridized carbons (Fsp3) is 0.0833. The first kappa shape index (κ1) is 21.3. The van der Waals surface area contributed by atoms with Gasteiger partial charge in [-0.3, -0.25) is 0 Å². The highest BCUT2D eigenvalue weighted by molar-refractivity contribution is 7.87. The topological polar surface area (TPSA) is 91.3 Å². The molecule has 0 saturated heterocycles. The summed E-state index contributed by atoms with van der Waals surface area (Å²) in [6, 6.07) is 19.6. The van der Waals surface area contributed by atoms with E-state index in [2.05, 4.69) is 4.99 Å². The fourth-order valence-electron chi connectivity index (χ4n) is 2.92. The van der Waals surface area contributed by atoms with E-state index < -0.39 is 16.1 Å². The van der Waals surface area contributed by atoms with Gasteiger partial charge in [0.25, 0.3) is 0 Å². The summed E-state index contributed by atoms with van der Waals surface area (Å²) < 4.78 is 40.4. The fourth-order valence-corrected chi connectivity index (χ4v) is 3.85. The molecule has 1 heterocycles. The summed E-state index contributed by atoms with van der Waals surface area (Å²) in [5.41, 5.74) is 2.59. The largest absolute Gasteiger partial charge is 0.497 e. The molecule has 0 aromatic heterocycles. The van der Waals surface area contributed by atoms with Crippen LogP contribution >= 0.6 is 0 Å². The molecule has 4 rings (SSSR count). The number of aryl methyl sites for hydroxylation is 1. The van der Waals surface area contributed by atoms with Crippen LogP contribution in [0.15, 0.2) is 88.4 Å². The van der Waals surface area contributed by atoms with Crippen LogP contribution in [0.2, 0.25) is 0 Å². The second kappa shape index (κ2) is 8.68. The van der Waals surface area contributed by atoms with Crippen LogP contribution in [-0.4, -0.2) is 27.4 Å². The second-order valence-electron chi connectivity index (χ2n) is 6.98. The van der Waals surface area contributed by atoms with Crippen molar-refractivity contribution in [2.75, 3.05) is 7.11 Å². The monoisotopic (exact) mass is 449 g/mol. The number of hydrogen-bond acceptors (Lipinski definition) is 7. The Morgan fingerprint density at radius 3 is 2.12 bits per heavy atom. The molecule has 0 unspecified atom stereocenters. The van der Waals surface area contributed by atoms with Crippen LogP contribution in [0.25, 0.3) is 6.08 Å². The number of hydrogen-bond donors (Lipinski definition) is 0. The number of aliphatic imine (C=N–C) groups is 1. The average Bonchev–Trinajstić information content (AvgIpc) is 3.15. The first-order valence-corrected chi connectivity index (χ1v) is 11.0. The molecule has 8 heteroatoms. The predicted molar refractivity (Wildman–Crippen MR) is 119 cm³/mol. The van der Waals surface area contributed by atoms with Gasteiger partial charge in [0.15, 0.2) is 5.70 Å². The molecular weight excluding hydrogens is 430 g/mol. The Bertz CT molecular complexity index is 1310. The zero-order valence-electron chi connectivity index (χ0n) is 17.3. The minimum Gasteiger partial charge on any atom is -0.497 e. The molecule has 162 valence electrons. The standard InChI is InChI=1S/C24H19NO6S/c1-16-3-7-18(8-4-16)23-25-22(24(26)30-23)15-17-5-9-20(10-6-17)31-32(27,28)21-13-11-19(29-2)12-14-21/h3-15H,1-2H3. The van der Waals surface area contributed by atoms with Gasteiger partial charge in [0.05, 0.1) is 7.11 Å². The maximum atomic E-state index is 12.4. The average molecular weight is 449 g/mol. The van der Waals surface area contributed by atoms with Crippen LogP contribution in [-0.2, 0) is 19.6 Å². The number of carbonyl (C=O) groups is 1. The lowest BCUT2D eigenvalue weighted by Crippen LogP contribution is -2.09. The molecule has 32 heavy (non-hydrogen) atoms. The van der Waals surface area contributed by atoms with Gasteiger partial charge in [-0.15, -0.1) is 0 Å². The molecule has 3 aromatic rings. The van der Waals surface area contributed by atoms with Gasteiger partial charge in [0.1, 0.15) is 16.4 Å². The van der Waals surface area contributed by atoms with Crippen molar-refractivity contribution in [3.8, 4) is 11.5 Å². The lowest BCUT2D eigenvalue weighted by Gasteiger charge is -2.08. The molecule has 0 spiro atoms. The first-order valence-electron chi connectivity index (χ1n) is 9.62. The third kappa shape index (κ3) is 4.70. The molecule has 0 fully saturated rings. The molecule has 0 atom stereocenters. The van der Waals surface area contributed by atoms with E-state index in [9.17, 15) is 13.2 Å². The normalized spacial score (nSPS) is 14.8. The smallest absolute Gasteiger partial charge is 0.363 e. The highest BCUT2D eigenvalue weighted by Crippen LogP contribution is 2.23. The number of rotatable bonds is 6. The van der Waals surface area contributed by atoms with E-state index in [1.54, 1.807) is 18.2 Å². The Morgan fingerprint density at radius 1 is 0.875 bits per heavy atom. The third-order valence-electron chi connectivity index (χ3n) is 4.66. The Balaban J connectivity index is 1.50. The van der Waals surface area contributed by atoms with Gasteiger partial charge in [0, 0.05) is 5.56 Å². The predicted octanol–water partition coefficient (Wildman–Crippen LogP) is 4.12. The number of nitrogens with zero attached hydrogens (tertiary/aromatic N) is 1. The van der Waals surface area contributed by atoms with E-state index in [0.717, 1.165) is 5.56 Å². The summed E-state index contributed by atoms with van der Waals surface area (Å²) in [6.07, 6.45) is 1.56. The Morgan fingerprint density at radius 2 is 1.50 bits per heavy atom. The Kier molecular flexibility index (Phi) is 5.79. The maximum absolute atomic E-state index is 12.4. The quantitative estimate of drug-likeness (QED) is 0.319. The van der Waals surface area contributed by atoms with Crippen molar-refractivity contribution in [1.82, 2.24) is 0 Å². The summed E-state index contributed by atoms with van der Waals surface area (Å²) in [5, 5.41) is 0. The molecule has 1 aliphatic rings. The van der Waals surface area contributed by atoms with Crippen LogP contribution in [0.3, 0.4) is 0 Å². The molecule has 0 N–H and O–H groups in total. The van der Waals surface area contributed by atoms with Gasteiger partial charge < -0.3 is 13.7 Å². The highest BCUT2D eigenvalue weighted by Gasteiger charge is 2.24. The van der Waals surface area contributed by atoms with E-state index in [0.29, 0.717) is 16.9 Å². The molecule has 0 radical (unpaired) electrons. The number of methoxy groups -OCH3 is 1. The van der Waals surface area contributed by atoms with Crippen molar-refractivity contribution >= 4 is 28.1 Å². The van der Waals surface area contributed by atoms with E-state index in [-0.39, 0.29) is 22.2 Å². The van der Waals surface area contributed by atoms with Gasteiger partial charge in [-0.05, 0) is 67.1 Å². The molecule has 0 bridgehead atoms. The zero-order chi connectivity index (χ0) is 22.7. The van der Waals surface area contributed by atoms with Gasteiger partial charge in [-0.2, -0.15) is 8.42 Å². The van der Waals surface area contributed by atoms with Crippen molar-refractivity contribution in [2.24, 2.45) is 4.99 Å². The minimum atomic E-state index is -3.99. The molecule has 7 nitrogen and oxygen atoms in total. The van der Waals surface area contributed by atoms with Crippen LogP contribution in [0.1, 0.15) is 16.7 Å². The zero-order valence-corrected chi connectivity index (χ0v) is 18.1. The third-order valence-corrected chi connectivity index (χ3v) is 5.92. The molecule has 0 amide bonds. The number of esters is 1. The summed E-state index contributed by atoms with van der Waals surface area (Å²) in [4.78, 5) is 16.4. The van der Waals surface area contributed by atoms with E-state index in [1.165, 1.54) is 43.5 Å². The number of carbonyl (C=O) groups excluding carboxylic acids is 1. The van der Waals surface area contributed by atoms with Crippen molar-refractivity contribution < 1.29 is 26.9 Å². The van der Waals surface area contributed by atoms with Crippen LogP contribution in [0.5, 0.6) is 11.5 Å². The SMILES string of the molecule is COc1ccc(S(=O)(=O)Oc2ccc(C=C3N=C(c4ccc(C)cc4)OC3=O)cc2)cc1.